The molecule has 3 atom stereocenters. The van der Waals surface area contributed by atoms with E-state index in [1.165, 1.54) is 4.90 Å². The summed E-state index contributed by atoms with van der Waals surface area (Å²) in [6.07, 6.45) is 3.55. The lowest BCUT2D eigenvalue weighted by Gasteiger charge is -2.39. The SMILES string of the molecule is COc1ccc2nccc(C(F)CC[C@@H]3CCN(CCSc4ccccc4)C[C@@H]3CCC(=O)O)c2c1. The van der Waals surface area contributed by atoms with E-state index >= 15 is 4.39 Å². The Hall–Kier alpha value is -2.64. The van der Waals surface area contributed by atoms with Gasteiger partial charge in [-0.3, -0.25) is 9.78 Å². The second-order valence-corrected chi connectivity index (χ2v) is 10.7. The van der Waals surface area contributed by atoms with E-state index in [0.717, 1.165) is 49.1 Å². The molecular weight excluding hydrogens is 475 g/mol. The third kappa shape index (κ3) is 7.20. The number of hydrogen-bond donors (Lipinski definition) is 1. The Labute approximate surface area is 217 Å². The highest BCUT2D eigenvalue weighted by molar-refractivity contribution is 7.99. The molecule has 1 aliphatic heterocycles. The molecule has 1 aromatic heterocycles. The van der Waals surface area contributed by atoms with E-state index in [2.05, 4.69) is 34.1 Å². The molecule has 1 N–H and O–H groups in total. The van der Waals surface area contributed by atoms with Gasteiger partial charge in [-0.25, -0.2) is 4.39 Å². The average molecular weight is 511 g/mol. The Balaban J connectivity index is 1.35. The Bertz CT molecular complexity index is 1130. The molecule has 2 heterocycles. The number of ether oxygens (including phenoxy) is 1. The second kappa shape index (κ2) is 13.1. The van der Waals surface area contributed by atoms with Gasteiger partial charge in [-0.05, 0) is 86.0 Å². The van der Waals surface area contributed by atoms with Crippen LogP contribution in [-0.4, -0.2) is 53.5 Å². The maximum atomic E-state index is 15.5. The van der Waals surface area contributed by atoms with Crippen LogP contribution >= 0.6 is 11.8 Å². The number of nitrogens with zero attached hydrogens (tertiary/aromatic N) is 2. The van der Waals surface area contributed by atoms with Crippen molar-refractivity contribution in [2.45, 2.75) is 43.2 Å². The molecular formula is C29H35FN2O3S. The number of benzene rings is 2. The number of aromatic nitrogens is 1. The number of methoxy groups -OCH3 is 1. The Morgan fingerprint density at radius 1 is 1.19 bits per heavy atom. The number of alkyl halides is 1. The summed E-state index contributed by atoms with van der Waals surface area (Å²) in [5.74, 6) is 1.55. The van der Waals surface area contributed by atoms with Crippen LogP contribution in [0.15, 0.2) is 65.7 Å². The van der Waals surface area contributed by atoms with Crippen LogP contribution in [-0.2, 0) is 4.79 Å². The van der Waals surface area contributed by atoms with E-state index in [1.54, 1.807) is 19.4 Å². The molecule has 0 saturated carbocycles. The molecule has 0 aliphatic carbocycles. The van der Waals surface area contributed by atoms with Crippen molar-refractivity contribution in [3.8, 4) is 5.75 Å². The second-order valence-electron chi connectivity index (χ2n) is 9.53. The smallest absolute Gasteiger partial charge is 0.303 e. The summed E-state index contributed by atoms with van der Waals surface area (Å²) >= 11 is 1.85. The van der Waals surface area contributed by atoms with E-state index in [1.807, 2.05) is 36.0 Å². The van der Waals surface area contributed by atoms with Crippen molar-refractivity contribution < 1.29 is 19.0 Å². The minimum absolute atomic E-state index is 0.168. The van der Waals surface area contributed by atoms with E-state index in [-0.39, 0.29) is 12.3 Å². The molecule has 1 unspecified atom stereocenters. The summed E-state index contributed by atoms with van der Waals surface area (Å²) in [4.78, 5) is 19.4. The van der Waals surface area contributed by atoms with Crippen LogP contribution in [0, 0.1) is 11.8 Å². The molecule has 1 aliphatic rings. The molecule has 3 aromatic rings. The third-order valence-corrected chi connectivity index (χ3v) is 8.23. The van der Waals surface area contributed by atoms with E-state index < -0.39 is 12.1 Å². The zero-order chi connectivity index (χ0) is 25.3. The van der Waals surface area contributed by atoms with Crippen molar-refractivity contribution in [1.29, 1.82) is 0 Å². The fourth-order valence-electron chi connectivity index (χ4n) is 5.25. The van der Waals surface area contributed by atoms with Gasteiger partial charge in [-0.2, -0.15) is 0 Å². The molecule has 192 valence electrons. The predicted octanol–water partition coefficient (Wildman–Crippen LogP) is 6.63. The van der Waals surface area contributed by atoms with E-state index in [4.69, 9.17) is 4.74 Å². The standard InChI is InChI=1S/C29H35FN2O3S/c1-35-23-9-11-28-26(19-23)25(13-15-31-28)27(30)10-7-21-14-16-32(20-22(21)8-12-29(33)34)17-18-36-24-5-3-2-4-6-24/h2-6,9,11,13,15,19,21-22,27H,7-8,10,12,14,16-18,20H2,1H3,(H,33,34)/t21-,22+,27?/m1/s1. The summed E-state index contributed by atoms with van der Waals surface area (Å²) in [7, 11) is 1.61. The average Bonchev–Trinajstić information content (AvgIpc) is 2.91. The molecule has 0 spiro atoms. The van der Waals surface area contributed by atoms with Crippen molar-refractivity contribution in [2.75, 3.05) is 32.5 Å². The summed E-state index contributed by atoms with van der Waals surface area (Å²) in [6.45, 7) is 2.85. The first kappa shape index (κ1) is 26.4. The van der Waals surface area contributed by atoms with Crippen molar-refractivity contribution in [1.82, 2.24) is 9.88 Å². The number of piperidine rings is 1. The van der Waals surface area contributed by atoms with Crippen LogP contribution < -0.4 is 4.74 Å². The number of thioether (sulfide) groups is 1. The quantitative estimate of drug-likeness (QED) is 0.276. The van der Waals surface area contributed by atoms with Crippen molar-refractivity contribution >= 4 is 28.6 Å². The summed E-state index contributed by atoms with van der Waals surface area (Å²) in [6, 6.07) is 17.7. The Morgan fingerprint density at radius 2 is 2.03 bits per heavy atom. The molecule has 0 bridgehead atoms. The zero-order valence-electron chi connectivity index (χ0n) is 20.8. The lowest BCUT2D eigenvalue weighted by molar-refractivity contribution is -0.137. The van der Waals surface area contributed by atoms with Crippen LogP contribution in [0.5, 0.6) is 5.75 Å². The molecule has 7 heteroatoms. The predicted molar refractivity (Wildman–Crippen MR) is 143 cm³/mol. The third-order valence-electron chi connectivity index (χ3n) is 7.23. The first-order chi connectivity index (χ1) is 17.5. The Kier molecular flexibility index (Phi) is 9.59. The van der Waals surface area contributed by atoms with Gasteiger partial charge in [-0.1, -0.05) is 18.2 Å². The number of likely N-dealkylation sites (tertiary alicyclic amines) is 1. The highest BCUT2D eigenvalue weighted by atomic mass is 32.2. The van der Waals surface area contributed by atoms with Crippen molar-refractivity contribution in [2.24, 2.45) is 11.8 Å². The number of fused-ring (bicyclic) bond motifs is 1. The van der Waals surface area contributed by atoms with Gasteiger partial charge in [0.05, 0.1) is 12.6 Å². The van der Waals surface area contributed by atoms with Gasteiger partial charge in [0.25, 0.3) is 0 Å². The molecule has 36 heavy (non-hydrogen) atoms. The molecule has 0 amide bonds. The van der Waals surface area contributed by atoms with Crippen molar-refractivity contribution in [3.05, 3.63) is 66.4 Å². The normalized spacial score (nSPS) is 19.3. The topological polar surface area (TPSA) is 62.7 Å². The number of rotatable bonds is 12. The molecule has 1 saturated heterocycles. The number of pyridine rings is 1. The zero-order valence-corrected chi connectivity index (χ0v) is 21.6. The molecule has 2 aromatic carbocycles. The largest absolute Gasteiger partial charge is 0.497 e. The molecule has 1 fully saturated rings. The number of carboxylic acids is 1. The highest BCUT2D eigenvalue weighted by Gasteiger charge is 2.30. The van der Waals surface area contributed by atoms with Crippen LogP contribution in [0.2, 0.25) is 0 Å². The van der Waals surface area contributed by atoms with Gasteiger partial charge in [0.15, 0.2) is 0 Å². The van der Waals surface area contributed by atoms with E-state index in [0.29, 0.717) is 30.1 Å². The number of carbonyl (C=O) groups is 1. The van der Waals surface area contributed by atoms with Gasteiger partial charge in [-0.15, -0.1) is 11.8 Å². The molecule has 5 nitrogen and oxygen atoms in total. The van der Waals surface area contributed by atoms with Gasteiger partial charge in [0, 0.05) is 41.7 Å². The number of carboxylic acid groups (broad SMARTS) is 1. The first-order valence-electron chi connectivity index (χ1n) is 12.7. The van der Waals surface area contributed by atoms with Gasteiger partial charge in [0.1, 0.15) is 11.9 Å². The summed E-state index contributed by atoms with van der Waals surface area (Å²) < 4.78 is 20.9. The van der Waals surface area contributed by atoms with Crippen LogP contribution in [0.25, 0.3) is 10.9 Å². The molecule has 4 rings (SSSR count). The fourth-order valence-corrected chi connectivity index (χ4v) is 6.18. The number of halogens is 1. The van der Waals surface area contributed by atoms with Crippen LogP contribution in [0.3, 0.4) is 0 Å². The van der Waals surface area contributed by atoms with Crippen molar-refractivity contribution in [3.63, 3.8) is 0 Å². The monoisotopic (exact) mass is 510 g/mol. The lowest BCUT2D eigenvalue weighted by atomic mass is 9.79. The fraction of sp³-hybridized carbons (Fsp3) is 0.448. The number of aliphatic carboxylic acids is 1. The summed E-state index contributed by atoms with van der Waals surface area (Å²) in [5.41, 5.74) is 1.41. The van der Waals surface area contributed by atoms with Crippen LogP contribution in [0.1, 0.15) is 43.8 Å². The highest BCUT2D eigenvalue weighted by Crippen LogP contribution is 2.36. The van der Waals surface area contributed by atoms with E-state index in [9.17, 15) is 9.90 Å². The minimum Gasteiger partial charge on any atom is -0.497 e. The lowest BCUT2D eigenvalue weighted by Crippen LogP contribution is -2.41. The minimum atomic E-state index is -1.09. The van der Waals surface area contributed by atoms with Gasteiger partial charge in [0.2, 0.25) is 0 Å². The summed E-state index contributed by atoms with van der Waals surface area (Å²) in [5, 5.41) is 10.1. The number of hydrogen-bond acceptors (Lipinski definition) is 5. The van der Waals surface area contributed by atoms with Gasteiger partial charge < -0.3 is 14.7 Å². The Morgan fingerprint density at radius 3 is 2.81 bits per heavy atom. The van der Waals surface area contributed by atoms with Gasteiger partial charge >= 0.3 is 5.97 Å². The maximum absolute atomic E-state index is 15.5. The van der Waals surface area contributed by atoms with Crippen LogP contribution in [0.4, 0.5) is 4.39 Å². The maximum Gasteiger partial charge on any atom is 0.303 e. The molecule has 0 radical (unpaired) electrons. The first-order valence-corrected chi connectivity index (χ1v) is 13.7.